The Labute approximate surface area is 97.8 Å². The van der Waals surface area contributed by atoms with Gasteiger partial charge < -0.3 is 9.15 Å². The van der Waals surface area contributed by atoms with Crippen molar-refractivity contribution in [2.45, 2.75) is 20.0 Å². The Kier molecular flexibility index (Phi) is 2.95. The summed E-state index contributed by atoms with van der Waals surface area (Å²) in [6.07, 6.45) is -0.511. The maximum atomic E-state index is 11.1. The molecule has 4 heteroatoms. The highest BCUT2D eigenvalue weighted by molar-refractivity contribution is 5.81. The summed E-state index contributed by atoms with van der Waals surface area (Å²) in [6, 6.07) is 8.17. The van der Waals surface area contributed by atoms with Crippen molar-refractivity contribution in [3.05, 3.63) is 40.8 Å². The van der Waals surface area contributed by atoms with Crippen LogP contribution in [0.1, 0.15) is 13.8 Å². The molecule has 0 bridgehead atoms. The molecule has 17 heavy (non-hydrogen) atoms. The molecular weight excluding hydrogens is 220 g/mol. The van der Waals surface area contributed by atoms with E-state index in [9.17, 15) is 9.59 Å². The molecular formula is C13H12O4. The average Bonchev–Trinajstić information content (AvgIpc) is 2.28. The third-order valence-electron chi connectivity index (χ3n) is 2.48. The minimum absolute atomic E-state index is 0.0559. The lowest BCUT2D eigenvalue weighted by molar-refractivity contribution is -0.122. The van der Waals surface area contributed by atoms with Crippen LogP contribution in [0.25, 0.3) is 11.0 Å². The van der Waals surface area contributed by atoms with E-state index >= 15 is 0 Å². The molecule has 0 saturated heterocycles. The lowest BCUT2D eigenvalue weighted by atomic mass is 10.2. The van der Waals surface area contributed by atoms with Gasteiger partial charge in [0.15, 0.2) is 11.9 Å². The molecule has 2 rings (SSSR count). The summed E-state index contributed by atoms with van der Waals surface area (Å²) in [5.74, 6) is 0.453. The molecule has 88 valence electrons. The quantitative estimate of drug-likeness (QED) is 0.761. The zero-order chi connectivity index (χ0) is 12.4. The molecule has 0 amide bonds. The molecule has 4 nitrogen and oxygen atoms in total. The predicted molar refractivity (Wildman–Crippen MR) is 63.3 cm³/mol. The number of ketones is 1. The van der Waals surface area contributed by atoms with Crippen molar-refractivity contribution in [1.82, 2.24) is 0 Å². The molecule has 1 aromatic heterocycles. The van der Waals surface area contributed by atoms with E-state index in [1.54, 1.807) is 31.2 Å². The van der Waals surface area contributed by atoms with E-state index in [4.69, 9.17) is 9.15 Å². The van der Waals surface area contributed by atoms with E-state index in [0.29, 0.717) is 11.3 Å². The van der Waals surface area contributed by atoms with Crippen molar-refractivity contribution in [2.24, 2.45) is 0 Å². The summed E-state index contributed by atoms with van der Waals surface area (Å²) in [6.45, 7) is 3.14. The minimum Gasteiger partial charge on any atom is -0.483 e. The molecule has 0 radical (unpaired) electrons. The first-order chi connectivity index (χ1) is 8.06. The van der Waals surface area contributed by atoms with E-state index in [-0.39, 0.29) is 5.78 Å². The van der Waals surface area contributed by atoms with Gasteiger partial charge in [-0.05, 0) is 32.0 Å². The van der Waals surface area contributed by atoms with Crippen LogP contribution in [0.2, 0.25) is 0 Å². The Morgan fingerprint density at radius 3 is 2.71 bits per heavy atom. The Bertz CT molecular complexity index is 612. The summed E-state index contributed by atoms with van der Waals surface area (Å²) in [7, 11) is 0. The van der Waals surface area contributed by atoms with Crippen LogP contribution in [0.3, 0.4) is 0 Å². The van der Waals surface area contributed by atoms with Crippen LogP contribution < -0.4 is 10.4 Å². The Morgan fingerprint density at radius 1 is 1.29 bits per heavy atom. The first-order valence-corrected chi connectivity index (χ1v) is 5.27. The first-order valence-electron chi connectivity index (χ1n) is 5.27. The number of fused-ring (bicyclic) bond motifs is 1. The van der Waals surface area contributed by atoms with Crippen molar-refractivity contribution in [2.75, 3.05) is 0 Å². The summed E-state index contributed by atoms with van der Waals surface area (Å²) >= 11 is 0. The summed E-state index contributed by atoms with van der Waals surface area (Å²) in [5, 5.41) is 0.812. The molecule has 0 spiro atoms. The van der Waals surface area contributed by atoms with Crippen LogP contribution in [-0.4, -0.2) is 11.9 Å². The van der Waals surface area contributed by atoms with Gasteiger partial charge in [0.25, 0.3) is 0 Å². The summed E-state index contributed by atoms with van der Waals surface area (Å²) in [4.78, 5) is 22.1. The zero-order valence-corrected chi connectivity index (χ0v) is 9.60. The lowest BCUT2D eigenvalue weighted by Gasteiger charge is -2.11. The van der Waals surface area contributed by atoms with Gasteiger partial charge in [-0.2, -0.15) is 0 Å². The number of ether oxygens (including phenoxy) is 1. The van der Waals surface area contributed by atoms with Gasteiger partial charge in [0, 0.05) is 17.5 Å². The number of benzene rings is 1. The molecule has 1 atom stereocenters. The van der Waals surface area contributed by atoms with Crippen molar-refractivity contribution >= 4 is 16.8 Å². The molecule has 0 aliphatic rings. The molecule has 0 aliphatic heterocycles. The van der Waals surface area contributed by atoms with Crippen LogP contribution in [0.4, 0.5) is 0 Å². The molecule has 2 aromatic rings. The Morgan fingerprint density at radius 2 is 2.00 bits per heavy atom. The second-order valence-electron chi connectivity index (χ2n) is 3.82. The molecule has 1 aromatic carbocycles. The topological polar surface area (TPSA) is 56.5 Å². The summed E-state index contributed by atoms with van der Waals surface area (Å²) in [5.41, 5.74) is 0.0417. The van der Waals surface area contributed by atoms with Crippen molar-refractivity contribution in [3.63, 3.8) is 0 Å². The van der Waals surface area contributed by atoms with Gasteiger partial charge >= 0.3 is 5.63 Å². The standard InChI is InChI=1S/C13H12O4/c1-8(14)9(2)16-11-5-3-10-4-6-13(15)17-12(10)7-11/h3-7,9H,1-2H3/t9-/m1/s1. The Balaban J connectivity index is 2.37. The van der Waals surface area contributed by atoms with E-state index in [1.165, 1.54) is 13.0 Å². The SMILES string of the molecule is CC(=O)[C@@H](C)Oc1ccc2ccc(=O)oc2c1. The molecule has 0 N–H and O–H groups in total. The summed E-state index contributed by atoms with van der Waals surface area (Å²) < 4.78 is 10.4. The largest absolute Gasteiger partial charge is 0.483 e. The van der Waals surface area contributed by atoms with Crippen LogP contribution in [0.15, 0.2) is 39.5 Å². The van der Waals surface area contributed by atoms with Gasteiger partial charge in [0.2, 0.25) is 0 Å². The smallest absolute Gasteiger partial charge is 0.336 e. The molecule has 0 fully saturated rings. The highest BCUT2D eigenvalue weighted by Gasteiger charge is 2.09. The van der Waals surface area contributed by atoms with Gasteiger partial charge in [0.05, 0.1) is 0 Å². The third-order valence-corrected chi connectivity index (χ3v) is 2.48. The molecule has 1 heterocycles. The minimum atomic E-state index is -0.511. The number of hydrogen-bond acceptors (Lipinski definition) is 4. The highest BCUT2D eigenvalue weighted by Crippen LogP contribution is 2.20. The fourth-order valence-corrected chi connectivity index (χ4v) is 1.40. The van der Waals surface area contributed by atoms with Gasteiger partial charge in [-0.25, -0.2) is 4.79 Å². The van der Waals surface area contributed by atoms with Gasteiger partial charge in [-0.15, -0.1) is 0 Å². The van der Waals surface area contributed by atoms with Crippen molar-refractivity contribution in [3.8, 4) is 5.75 Å². The number of rotatable bonds is 3. The fraction of sp³-hybridized carbons (Fsp3) is 0.231. The van der Waals surface area contributed by atoms with Crippen LogP contribution in [0, 0.1) is 0 Å². The molecule has 0 aliphatic carbocycles. The molecule has 0 saturated carbocycles. The van der Waals surface area contributed by atoms with Gasteiger partial charge in [-0.3, -0.25) is 4.79 Å². The van der Waals surface area contributed by atoms with Gasteiger partial charge in [0.1, 0.15) is 11.3 Å². The first kappa shape index (κ1) is 11.4. The van der Waals surface area contributed by atoms with Crippen molar-refractivity contribution < 1.29 is 13.9 Å². The maximum Gasteiger partial charge on any atom is 0.336 e. The normalized spacial score (nSPS) is 12.4. The zero-order valence-electron chi connectivity index (χ0n) is 9.60. The maximum absolute atomic E-state index is 11.1. The highest BCUT2D eigenvalue weighted by atomic mass is 16.5. The third kappa shape index (κ3) is 2.53. The average molecular weight is 232 g/mol. The predicted octanol–water partition coefficient (Wildman–Crippen LogP) is 2.15. The van der Waals surface area contributed by atoms with Crippen LogP contribution in [0.5, 0.6) is 5.75 Å². The van der Waals surface area contributed by atoms with Crippen LogP contribution in [-0.2, 0) is 4.79 Å². The van der Waals surface area contributed by atoms with E-state index in [2.05, 4.69) is 0 Å². The number of Topliss-reactive ketones (excluding diaryl/α,β-unsaturated/α-hetero) is 1. The van der Waals surface area contributed by atoms with E-state index < -0.39 is 11.7 Å². The fourth-order valence-electron chi connectivity index (χ4n) is 1.40. The van der Waals surface area contributed by atoms with E-state index in [1.807, 2.05) is 0 Å². The van der Waals surface area contributed by atoms with Crippen molar-refractivity contribution in [1.29, 1.82) is 0 Å². The Hall–Kier alpha value is -2.10. The number of carbonyl (C=O) groups excluding carboxylic acids is 1. The van der Waals surface area contributed by atoms with Gasteiger partial charge in [-0.1, -0.05) is 0 Å². The monoisotopic (exact) mass is 232 g/mol. The number of carbonyl (C=O) groups is 1. The lowest BCUT2D eigenvalue weighted by Crippen LogP contribution is -2.20. The second-order valence-corrected chi connectivity index (χ2v) is 3.82. The number of hydrogen-bond donors (Lipinski definition) is 0. The van der Waals surface area contributed by atoms with E-state index in [0.717, 1.165) is 5.39 Å². The van der Waals surface area contributed by atoms with Crippen LogP contribution >= 0.6 is 0 Å². The molecule has 0 unspecified atom stereocenters. The second kappa shape index (κ2) is 4.41.